The van der Waals surface area contributed by atoms with E-state index in [1.165, 1.54) is 0 Å². The second kappa shape index (κ2) is 8.57. The van der Waals surface area contributed by atoms with Gasteiger partial charge in [0.2, 0.25) is 0 Å². The lowest BCUT2D eigenvalue weighted by atomic mass is 9.72. The van der Waals surface area contributed by atoms with Crippen molar-refractivity contribution in [2.75, 3.05) is 0 Å². The van der Waals surface area contributed by atoms with Gasteiger partial charge in [0.25, 0.3) is 0 Å². The smallest absolute Gasteiger partial charge is 0.162 e. The molecule has 31 heavy (non-hydrogen) atoms. The Morgan fingerprint density at radius 3 is 2.58 bits per heavy atom. The van der Waals surface area contributed by atoms with Crippen molar-refractivity contribution in [3.8, 4) is 22.9 Å². The lowest BCUT2D eigenvalue weighted by Crippen LogP contribution is -2.49. The molecule has 156 valence electrons. The molecule has 1 heterocycles. The quantitative estimate of drug-likeness (QED) is 0.437. The van der Waals surface area contributed by atoms with Gasteiger partial charge in [0.05, 0.1) is 11.6 Å². The first kappa shape index (κ1) is 22.0. The molecule has 2 aromatic rings. The van der Waals surface area contributed by atoms with Gasteiger partial charge in [0.1, 0.15) is 11.4 Å². The molecule has 3 rings (SSSR count). The number of allylic oxidation sites excluding steroid dienone is 2. The topological polar surface area (TPSA) is 62.5 Å². The predicted molar refractivity (Wildman–Crippen MR) is 125 cm³/mol. The van der Waals surface area contributed by atoms with Crippen LogP contribution in [0.25, 0.3) is 11.1 Å². The lowest BCUT2D eigenvalue weighted by molar-refractivity contribution is -0.124. The van der Waals surface area contributed by atoms with Crippen LogP contribution >= 0.6 is 0 Å². The van der Waals surface area contributed by atoms with Gasteiger partial charge in [-0.25, -0.2) is 0 Å². The molecule has 1 aliphatic rings. The zero-order chi connectivity index (χ0) is 22.6. The summed E-state index contributed by atoms with van der Waals surface area (Å²) >= 11 is 0. The van der Waals surface area contributed by atoms with Crippen molar-refractivity contribution in [1.29, 1.82) is 5.26 Å². The second-order valence-electron chi connectivity index (χ2n) is 7.78. The fourth-order valence-electron chi connectivity index (χ4n) is 4.24. The summed E-state index contributed by atoms with van der Waals surface area (Å²) in [7, 11) is 0. The van der Waals surface area contributed by atoms with Gasteiger partial charge in [-0.05, 0) is 68.0 Å². The number of nitrogens with zero attached hydrogens (tertiary/aromatic N) is 2. The van der Waals surface area contributed by atoms with Crippen LogP contribution in [-0.2, 0) is 10.3 Å². The van der Waals surface area contributed by atoms with Crippen LogP contribution in [0, 0.1) is 11.3 Å². The first-order chi connectivity index (χ1) is 14.8. The number of rotatable bonds is 6. The molecule has 4 nitrogen and oxygen atoms in total. The SMILES string of the molecule is C=C/C=C(\C=C)C1(C)CC(N=CC)(C(C)=O)c2cc(-c3cccc(C#N)c3)ccc2O1. The van der Waals surface area contributed by atoms with Crippen LogP contribution < -0.4 is 4.74 Å². The predicted octanol–water partition coefficient (Wildman–Crippen LogP) is 5.94. The van der Waals surface area contributed by atoms with Gasteiger partial charge in [-0.3, -0.25) is 9.79 Å². The van der Waals surface area contributed by atoms with Gasteiger partial charge in [0.15, 0.2) is 11.3 Å². The largest absolute Gasteiger partial charge is 0.482 e. The highest BCUT2D eigenvalue weighted by molar-refractivity contribution is 5.91. The summed E-state index contributed by atoms with van der Waals surface area (Å²) in [4.78, 5) is 17.8. The van der Waals surface area contributed by atoms with Crippen molar-refractivity contribution in [3.05, 3.63) is 90.6 Å². The Morgan fingerprint density at radius 2 is 1.97 bits per heavy atom. The van der Waals surface area contributed by atoms with Gasteiger partial charge in [-0.15, -0.1) is 0 Å². The van der Waals surface area contributed by atoms with E-state index >= 15 is 0 Å². The van der Waals surface area contributed by atoms with E-state index in [1.54, 1.807) is 31.4 Å². The Morgan fingerprint density at radius 1 is 1.23 bits per heavy atom. The number of benzene rings is 2. The highest BCUT2D eigenvalue weighted by Gasteiger charge is 2.51. The number of ether oxygens (including phenoxy) is 1. The fraction of sp³-hybridized carbons (Fsp3) is 0.222. The zero-order valence-electron chi connectivity index (χ0n) is 18.2. The third kappa shape index (κ3) is 3.87. The monoisotopic (exact) mass is 410 g/mol. The molecule has 0 spiro atoms. The molecule has 2 unspecified atom stereocenters. The van der Waals surface area contributed by atoms with Crippen LogP contribution in [0.4, 0.5) is 0 Å². The Hall–Kier alpha value is -3.71. The van der Waals surface area contributed by atoms with Crippen molar-refractivity contribution in [2.45, 2.75) is 38.3 Å². The molecule has 2 aromatic carbocycles. The molecule has 0 N–H and O–H groups in total. The second-order valence-corrected chi connectivity index (χ2v) is 7.78. The summed E-state index contributed by atoms with van der Waals surface area (Å²) in [5, 5.41) is 9.25. The van der Waals surface area contributed by atoms with E-state index in [-0.39, 0.29) is 5.78 Å². The van der Waals surface area contributed by atoms with Crippen molar-refractivity contribution in [2.24, 2.45) is 4.99 Å². The molecule has 0 saturated heterocycles. The van der Waals surface area contributed by atoms with Crippen LogP contribution in [0.1, 0.15) is 38.3 Å². The number of hydrogen-bond acceptors (Lipinski definition) is 4. The van der Waals surface area contributed by atoms with Crippen molar-refractivity contribution < 1.29 is 9.53 Å². The molecule has 0 fully saturated rings. The molecule has 4 heteroatoms. The van der Waals surface area contributed by atoms with E-state index in [1.807, 2.05) is 56.3 Å². The minimum atomic E-state index is -1.09. The number of carbonyl (C=O) groups excluding carboxylic acids is 1. The van der Waals surface area contributed by atoms with E-state index in [0.717, 1.165) is 22.3 Å². The molecule has 2 atom stereocenters. The number of hydrogen-bond donors (Lipinski definition) is 0. The summed E-state index contributed by atoms with van der Waals surface area (Å²) in [6.07, 6.45) is 7.27. The minimum Gasteiger partial charge on any atom is -0.482 e. The van der Waals surface area contributed by atoms with Crippen LogP contribution in [0.5, 0.6) is 5.75 Å². The number of aliphatic imine (C=N–C) groups is 1. The van der Waals surface area contributed by atoms with E-state index < -0.39 is 11.1 Å². The average Bonchev–Trinajstić information content (AvgIpc) is 2.77. The zero-order valence-corrected chi connectivity index (χ0v) is 18.2. The van der Waals surface area contributed by atoms with E-state index in [0.29, 0.717) is 17.7 Å². The normalized spacial score (nSPS) is 22.8. The molecular weight excluding hydrogens is 384 g/mol. The number of ketones is 1. The van der Waals surface area contributed by atoms with Gasteiger partial charge in [0, 0.05) is 12.0 Å². The number of fused-ring (bicyclic) bond motifs is 1. The maximum absolute atomic E-state index is 13.1. The molecule has 0 amide bonds. The summed E-state index contributed by atoms with van der Waals surface area (Å²) in [6.45, 7) is 13.0. The van der Waals surface area contributed by atoms with Crippen LogP contribution in [0.15, 0.2) is 84.4 Å². The van der Waals surface area contributed by atoms with Crippen molar-refractivity contribution >= 4 is 12.0 Å². The van der Waals surface area contributed by atoms with Gasteiger partial charge < -0.3 is 4.74 Å². The molecule has 0 aromatic heterocycles. The maximum Gasteiger partial charge on any atom is 0.162 e. The first-order valence-corrected chi connectivity index (χ1v) is 10.1. The summed E-state index contributed by atoms with van der Waals surface area (Å²) in [6, 6.07) is 15.3. The fourth-order valence-corrected chi connectivity index (χ4v) is 4.24. The molecule has 1 aliphatic heterocycles. The standard InChI is InChI=1S/C27H26N2O2/c1-6-10-23(7-2)26(5)18-27(19(4)30,29-8-3)24-16-22(13-14-25(24)31-26)21-12-9-11-20(15-21)17-28/h6-16H,1-2,18H2,3-5H3/b23-10+,29-8?. The van der Waals surface area contributed by atoms with E-state index in [2.05, 4.69) is 19.2 Å². The first-order valence-electron chi connectivity index (χ1n) is 10.1. The Kier molecular flexibility index (Phi) is 6.08. The summed E-state index contributed by atoms with van der Waals surface area (Å²) < 4.78 is 6.45. The Balaban J connectivity index is 2.27. The minimum absolute atomic E-state index is 0.0636. The molecular formula is C27H26N2O2. The van der Waals surface area contributed by atoms with Crippen LogP contribution in [-0.4, -0.2) is 17.6 Å². The number of carbonyl (C=O) groups is 1. The highest BCUT2D eigenvalue weighted by Crippen LogP contribution is 2.50. The third-order valence-electron chi connectivity index (χ3n) is 5.74. The van der Waals surface area contributed by atoms with Crippen LogP contribution in [0.2, 0.25) is 0 Å². The molecule has 0 aliphatic carbocycles. The maximum atomic E-state index is 13.1. The van der Waals surface area contributed by atoms with Gasteiger partial charge >= 0.3 is 0 Å². The summed E-state index contributed by atoms with van der Waals surface area (Å²) in [5.41, 5.74) is 2.02. The molecule has 0 saturated carbocycles. The highest BCUT2D eigenvalue weighted by atomic mass is 16.5. The molecule has 0 radical (unpaired) electrons. The Labute approximate surface area is 183 Å². The number of Topliss-reactive ketones (excluding diaryl/α,β-unsaturated/α-hetero) is 1. The Bertz CT molecular complexity index is 1150. The summed E-state index contributed by atoms with van der Waals surface area (Å²) in [5.74, 6) is 0.540. The van der Waals surface area contributed by atoms with E-state index in [9.17, 15) is 10.1 Å². The third-order valence-corrected chi connectivity index (χ3v) is 5.74. The molecule has 0 bridgehead atoms. The average molecular weight is 411 g/mol. The van der Waals surface area contributed by atoms with Crippen molar-refractivity contribution in [3.63, 3.8) is 0 Å². The van der Waals surface area contributed by atoms with E-state index in [4.69, 9.17) is 9.73 Å². The van der Waals surface area contributed by atoms with Crippen LogP contribution in [0.3, 0.4) is 0 Å². The lowest BCUT2D eigenvalue weighted by Gasteiger charge is -2.45. The van der Waals surface area contributed by atoms with Crippen molar-refractivity contribution in [1.82, 2.24) is 0 Å². The van der Waals surface area contributed by atoms with Gasteiger partial charge in [-0.2, -0.15) is 5.26 Å². The van der Waals surface area contributed by atoms with Gasteiger partial charge in [-0.1, -0.05) is 49.6 Å². The number of nitriles is 1.